The summed E-state index contributed by atoms with van der Waals surface area (Å²) in [6.07, 6.45) is 3.65. The molecule has 2 unspecified atom stereocenters. The van der Waals surface area contributed by atoms with Crippen LogP contribution in [0.4, 0.5) is 4.39 Å². The second-order valence-corrected chi connectivity index (χ2v) is 4.94. The van der Waals surface area contributed by atoms with Crippen LogP contribution in [-0.2, 0) is 6.42 Å². The molecule has 0 radical (unpaired) electrons. The van der Waals surface area contributed by atoms with E-state index >= 15 is 0 Å². The van der Waals surface area contributed by atoms with Crippen molar-refractivity contribution in [2.45, 2.75) is 38.3 Å². The van der Waals surface area contributed by atoms with Gasteiger partial charge in [0.05, 0.1) is 0 Å². The third-order valence-corrected chi connectivity index (χ3v) is 3.55. The highest BCUT2D eigenvalue weighted by Crippen LogP contribution is 2.38. The van der Waals surface area contributed by atoms with Gasteiger partial charge in [-0.15, -0.1) is 0 Å². The molecule has 1 aromatic carbocycles. The minimum atomic E-state index is -0.106. The molecule has 0 spiro atoms. The molecule has 0 saturated heterocycles. The fourth-order valence-corrected chi connectivity index (χ4v) is 2.57. The molecule has 0 amide bonds. The number of hydrogen-bond donors (Lipinski definition) is 1. The Hall–Kier alpha value is -0.890. The molecule has 1 fully saturated rings. The summed E-state index contributed by atoms with van der Waals surface area (Å²) >= 11 is 0. The molecule has 2 heteroatoms. The fourth-order valence-electron chi connectivity index (χ4n) is 2.57. The van der Waals surface area contributed by atoms with Crippen LogP contribution >= 0.6 is 0 Å². The van der Waals surface area contributed by atoms with Gasteiger partial charge < -0.3 is 5.32 Å². The molecule has 2 aliphatic carbocycles. The van der Waals surface area contributed by atoms with E-state index in [1.807, 2.05) is 6.07 Å². The average molecular weight is 205 g/mol. The summed E-state index contributed by atoms with van der Waals surface area (Å²) in [5.74, 6) is 0.493. The minimum Gasteiger partial charge on any atom is -0.307 e. The highest BCUT2D eigenvalue weighted by atomic mass is 19.1. The van der Waals surface area contributed by atoms with Gasteiger partial charge in [-0.1, -0.05) is 13.0 Å². The number of fused-ring (bicyclic) bond motifs is 1. The van der Waals surface area contributed by atoms with Crippen molar-refractivity contribution in [3.63, 3.8) is 0 Å². The zero-order chi connectivity index (χ0) is 10.4. The lowest BCUT2D eigenvalue weighted by Gasteiger charge is -2.18. The van der Waals surface area contributed by atoms with E-state index in [0.29, 0.717) is 18.0 Å². The van der Waals surface area contributed by atoms with Crippen LogP contribution in [0.15, 0.2) is 18.2 Å². The second kappa shape index (κ2) is 3.31. The van der Waals surface area contributed by atoms with Crippen molar-refractivity contribution in [1.82, 2.24) is 5.32 Å². The van der Waals surface area contributed by atoms with Gasteiger partial charge in [0.25, 0.3) is 0 Å². The SMILES string of the molecule is CC1Cc2ccc(F)cc2C1NC1CC1. The van der Waals surface area contributed by atoms with Gasteiger partial charge >= 0.3 is 0 Å². The molecule has 0 aliphatic heterocycles. The van der Waals surface area contributed by atoms with Crippen molar-refractivity contribution in [3.05, 3.63) is 35.1 Å². The maximum absolute atomic E-state index is 13.2. The van der Waals surface area contributed by atoms with Gasteiger partial charge in [0.1, 0.15) is 5.82 Å². The Morgan fingerprint density at radius 3 is 2.87 bits per heavy atom. The van der Waals surface area contributed by atoms with E-state index in [2.05, 4.69) is 12.2 Å². The van der Waals surface area contributed by atoms with Crippen LogP contribution in [0.1, 0.15) is 36.9 Å². The number of hydrogen-bond acceptors (Lipinski definition) is 1. The number of nitrogens with one attached hydrogen (secondary N) is 1. The summed E-state index contributed by atoms with van der Waals surface area (Å²) in [5.41, 5.74) is 2.51. The van der Waals surface area contributed by atoms with E-state index in [4.69, 9.17) is 0 Å². The Morgan fingerprint density at radius 2 is 2.13 bits per heavy atom. The molecule has 1 aromatic rings. The first-order valence-corrected chi connectivity index (χ1v) is 5.78. The predicted molar refractivity (Wildman–Crippen MR) is 58.2 cm³/mol. The predicted octanol–water partition coefficient (Wildman–Crippen LogP) is 2.81. The summed E-state index contributed by atoms with van der Waals surface area (Å²) in [7, 11) is 0. The maximum Gasteiger partial charge on any atom is 0.123 e. The molecular weight excluding hydrogens is 189 g/mol. The third-order valence-electron chi connectivity index (χ3n) is 3.55. The summed E-state index contributed by atoms with van der Waals surface area (Å²) < 4.78 is 13.2. The molecule has 0 aromatic heterocycles. The molecule has 0 bridgehead atoms. The lowest BCUT2D eigenvalue weighted by molar-refractivity contribution is 0.413. The third kappa shape index (κ3) is 1.67. The molecule has 2 atom stereocenters. The molecule has 1 nitrogen and oxygen atoms in total. The Kier molecular flexibility index (Phi) is 2.06. The van der Waals surface area contributed by atoms with Crippen molar-refractivity contribution in [3.8, 4) is 0 Å². The van der Waals surface area contributed by atoms with E-state index in [9.17, 15) is 4.39 Å². The van der Waals surface area contributed by atoms with Gasteiger partial charge in [0.2, 0.25) is 0 Å². The number of halogens is 1. The summed E-state index contributed by atoms with van der Waals surface area (Å²) in [6.45, 7) is 2.25. The molecule has 1 N–H and O–H groups in total. The first kappa shape index (κ1) is 9.34. The standard InChI is InChI=1S/C13H16FN/c1-8-6-9-2-3-10(14)7-12(9)13(8)15-11-4-5-11/h2-3,7-8,11,13,15H,4-6H2,1H3. The van der Waals surface area contributed by atoms with Gasteiger partial charge in [0, 0.05) is 12.1 Å². The van der Waals surface area contributed by atoms with Crippen LogP contribution in [0.3, 0.4) is 0 Å². The maximum atomic E-state index is 13.2. The quantitative estimate of drug-likeness (QED) is 0.782. The average Bonchev–Trinajstić information content (AvgIpc) is 2.96. The van der Waals surface area contributed by atoms with E-state index < -0.39 is 0 Å². The smallest absolute Gasteiger partial charge is 0.123 e. The first-order valence-electron chi connectivity index (χ1n) is 5.78. The molecule has 1 saturated carbocycles. The van der Waals surface area contributed by atoms with Crippen molar-refractivity contribution >= 4 is 0 Å². The van der Waals surface area contributed by atoms with E-state index in [1.165, 1.54) is 24.0 Å². The largest absolute Gasteiger partial charge is 0.307 e. The van der Waals surface area contributed by atoms with Gasteiger partial charge in [-0.3, -0.25) is 0 Å². The highest BCUT2D eigenvalue weighted by molar-refractivity contribution is 5.36. The van der Waals surface area contributed by atoms with Gasteiger partial charge in [-0.05, 0) is 48.4 Å². The van der Waals surface area contributed by atoms with Crippen LogP contribution in [0, 0.1) is 11.7 Å². The summed E-state index contributed by atoms with van der Waals surface area (Å²) in [4.78, 5) is 0. The van der Waals surface area contributed by atoms with E-state index in [1.54, 1.807) is 12.1 Å². The Morgan fingerprint density at radius 1 is 1.33 bits per heavy atom. The van der Waals surface area contributed by atoms with Crippen molar-refractivity contribution in [2.75, 3.05) is 0 Å². The molecule has 2 aliphatic rings. The Bertz CT molecular complexity index is 384. The van der Waals surface area contributed by atoms with Gasteiger partial charge in [-0.2, -0.15) is 0 Å². The minimum absolute atomic E-state index is 0.106. The first-order chi connectivity index (χ1) is 7.24. The van der Waals surface area contributed by atoms with E-state index in [-0.39, 0.29) is 5.82 Å². The van der Waals surface area contributed by atoms with E-state index in [0.717, 1.165) is 6.42 Å². The van der Waals surface area contributed by atoms with Crippen molar-refractivity contribution in [1.29, 1.82) is 0 Å². The topological polar surface area (TPSA) is 12.0 Å². The second-order valence-electron chi connectivity index (χ2n) is 4.94. The van der Waals surface area contributed by atoms with Gasteiger partial charge in [-0.25, -0.2) is 4.39 Å². The zero-order valence-electron chi connectivity index (χ0n) is 8.96. The Balaban J connectivity index is 1.91. The fraction of sp³-hybridized carbons (Fsp3) is 0.538. The van der Waals surface area contributed by atoms with Crippen molar-refractivity contribution < 1.29 is 4.39 Å². The zero-order valence-corrected chi connectivity index (χ0v) is 8.96. The molecular formula is C13H16FN. The molecule has 15 heavy (non-hydrogen) atoms. The molecule has 3 rings (SSSR count). The lowest BCUT2D eigenvalue weighted by atomic mass is 10.0. The number of rotatable bonds is 2. The highest BCUT2D eigenvalue weighted by Gasteiger charge is 2.33. The lowest BCUT2D eigenvalue weighted by Crippen LogP contribution is -2.25. The summed E-state index contributed by atoms with van der Waals surface area (Å²) in [5, 5.41) is 3.62. The van der Waals surface area contributed by atoms with Crippen LogP contribution in [0.5, 0.6) is 0 Å². The van der Waals surface area contributed by atoms with Crippen LogP contribution in [0.25, 0.3) is 0 Å². The summed E-state index contributed by atoms with van der Waals surface area (Å²) in [6, 6.07) is 6.29. The molecule has 0 heterocycles. The van der Waals surface area contributed by atoms with Gasteiger partial charge in [0.15, 0.2) is 0 Å². The monoisotopic (exact) mass is 205 g/mol. The van der Waals surface area contributed by atoms with Crippen LogP contribution in [0.2, 0.25) is 0 Å². The molecule has 80 valence electrons. The van der Waals surface area contributed by atoms with Crippen LogP contribution in [-0.4, -0.2) is 6.04 Å². The Labute approximate surface area is 89.7 Å². The number of benzene rings is 1. The normalized spacial score (nSPS) is 29.2. The van der Waals surface area contributed by atoms with Crippen LogP contribution < -0.4 is 5.32 Å². The van der Waals surface area contributed by atoms with Crippen molar-refractivity contribution in [2.24, 2.45) is 5.92 Å².